The van der Waals surface area contributed by atoms with Crippen LogP contribution in [0.1, 0.15) is 23.8 Å². The monoisotopic (exact) mass is 277 g/mol. The Hall–Kier alpha value is -1.47. The van der Waals surface area contributed by atoms with Gasteiger partial charge in [0.15, 0.2) is 0 Å². The highest BCUT2D eigenvalue weighted by Gasteiger charge is 2.28. The molecule has 0 atom stereocenters. The summed E-state index contributed by atoms with van der Waals surface area (Å²) in [5, 5.41) is 8.75. The predicted octanol–water partition coefficient (Wildman–Crippen LogP) is 0.438. The van der Waals surface area contributed by atoms with Crippen LogP contribution in [0.3, 0.4) is 0 Å². The molecule has 1 N–H and O–H groups in total. The van der Waals surface area contributed by atoms with E-state index in [9.17, 15) is 4.79 Å². The lowest BCUT2D eigenvalue weighted by Gasteiger charge is -2.27. The number of piperazine rings is 1. The van der Waals surface area contributed by atoms with Gasteiger partial charge in [0.1, 0.15) is 10.8 Å². The van der Waals surface area contributed by atoms with Crippen LogP contribution >= 0.6 is 11.3 Å². The number of aromatic nitrogens is 3. The van der Waals surface area contributed by atoms with Crippen LogP contribution in [0.15, 0.2) is 10.9 Å². The molecule has 1 saturated heterocycles. The first-order valence-electron chi connectivity index (χ1n) is 6.68. The van der Waals surface area contributed by atoms with Crippen LogP contribution in [-0.2, 0) is 0 Å². The quantitative estimate of drug-likeness (QED) is 0.863. The molecule has 1 saturated carbocycles. The molecule has 0 unspecified atom stereocenters. The summed E-state index contributed by atoms with van der Waals surface area (Å²) in [4.78, 5) is 19.6. The van der Waals surface area contributed by atoms with Crippen molar-refractivity contribution in [1.29, 1.82) is 0 Å². The SMILES string of the molecule is O=c1cc(N2CCNCC2)nc2sc(C3CC3)nn12. The molecule has 0 bridgehead atoms. The highest BCUT2D eigenvalue weighted by Crippen LogP contribution is 2.41. The van der Waals surface area contributed by atoms with Gasteiger partial charge in [0.25, 0.3) is 5.56 Å². The van der Waals surface area contributed by atoms with E-state index in [1.807, 2.05) is 0 Å². The van der Waals surface area contributed by atoms with E-state index in [-0.39, 0.29) is 5.56 Å². The molecule has 2 aromatic heterocycles. The standard InChI is InChI=1S/C12H15N5OS/c18-10-7-9(16-5-3-13-4-6-16)14-12-17(10)15-11(19-12)8-1-2-8/h7-8,13H,1-6H2. The number of hydrogen-bond donors (Lipinski definition) is 1. The third-order valence-corrected chi connectivity index (χ3v) is 4.69. The van der Waals surface area contributed by atoms with Crippen LogP contribution in [0.2, 0.25) is 0 Å². The fraction of sp³-hybridized carbons (Fsp3) is 0.583. The Bertz CT molecular complexity index is 668. The minimum absolute atomic E-state index is 0.0679. The average Bonchev–Trinajstić information content (AvgIpc) is 3.20. The molecule has 2 aliphatic rings. The first-order valence-corrected chi connectivity index (χ1v) is 7.49. The van der Waals surface area contributed by atoms with Crippen molar-refractivity contribution in [3.8, 4) is 0 Å². The summed E-state index contributed by atoms with van der Waals surface area (Å²) in [6, 6.07) is 1.61. The Morgan fingerprint density at radius 3 is 2.84 bits per heavy atom. The minimum atomic E-state index is -0.0679. The normalized spacial score (nSPS) is 20.1. The lowest BCUT2D eigenvalue weighted by atomic mass is 10.3. The van der Waals surface area contributed by atoms with E-state index in [2.05, 4.69) is 20.3 Å². The molecule has 0 spiro atoms. The van der Waals surface area contributed by atoms with E-state index < -0.39 is 0 Å². The summed E-state index contributed by atoms with van der Waals surface area (Å²) in [5.41, 5.74) is -0.0679. The van der Waals surface area contributed by atoms with Crippen LogP contribution in [0.4, 0.5) is 5.82 Å². The van der Waals surface area contributed by atoms with Crippen molar-refractivity contribution in [2.45, 2.75) is 18.8 Å². The highest BCUT2D eigenvalue weighted by molar-refractivity contribution is 7.16. The van der Waals surface area contributed by atoms with Crippen LogP contribution in [-0.4, -0.2) is 40.8 Å². The zero-order valence-corrected chi connectivity index (χ0v) is 11.3. The Labute approximate surface area is 114 Å². The molecule has 0 radical (unpaired) electrons. The predicted molar refractivity (Wildman–Crippen MR) is 74.2 cm³/mol. The topological polar surface area (TPSA) is 62.5 Å². The first-order chi connectivity index (χ1) is 9.31. The van der Waals surface area contributed by atoms with Gasteiger partial charge >= 0.3 is 0 Å². The average molecular weight is 277 g/mol. The van der Waals surface area contributed by atoms with Gasteiger partial charge in [0.05, 0.1) is 0 Å². The van der Waals surface area contributed by atoms with Crippen molar-refractivity contribution in [3.63, 3.8) is 0 Å². The van der Waals surface area contributed by atoms with Gasteiger partial charge in [-0.2, -0.15) is 9.61 Å². The maximum Gasteiger partial charge on any atom is 0.277 e. The second kappa shape index (κ2) is 4.28. The molecule has 7 heteroatoms. The first kappa shape index (κ1) is 11.4. The summed E-state index contributed by atoms with van der Waals surface area (Å²) in [7, 11) is 0. The maximum atomic E-state index is 12.1. The molecular formula is C12H15N5OS. The van der Waals surface area contributed by atoms with Crippen LogP contribution in [0.25, 0.3) is 4.96 Å². The van der Waals surface area contributed by atoms with Crippen LogP contribution in [0, 0.1) is 0 Å². The number of fused-ring (bicyclic) bond motifs is 1. The Balaban J connectivity index is 1.77. The lowest BCUT2D eigenvalue weighted by molar-refractivity contribution is 0.584. The van der Waals surface area contributed by atoms with Gasteiger partial charge in [-0.1, -0.05) is 11.3 Å². The molecular weight excluding hydrogens is 262 g/mol. The van der Waals surface area contributed by atoms with E-state index in [0.29, 0.717) is 5.92 Å². The van der Waals surface area contributed by atoms with Gasteiger partial charge < -0.3 is 10.2 Å². The van der Waals surface area contributed by atoms with Gasteiger partial charge in [-0.3, -0.25) is 4.79 Å². The summed E-state index contributed by atoms with van der Waals surface area (Å²) in [6.45, 7) is 3.68. The van der Waals surface area contributed by atoms with Crippen molar-refractivity contribution >= 4 is 22.1 Å². The number of hydrogen-bond acceptors (Lipinski definition) is 6. The molecule has 4 rings (SSSR count). The second-order valence-corrected chi connectivity index (χ2v) is 6.09. The van der Waals surface area contributed by atoms with E-state index in [1.165, 1.54) is 17.4 Å². The van der Waals surface area contributed by atoms with Crippen molar-refractivity contribution in [2.24, 2.45) is 0 Å². The van der Waals surface area contributed by atoms with Crippen LogP contribution < -0.4 is 15.8 Å². The van der Waals surface area contributed by atoms with Gasteiger partial charge in [0, 0.05) is 38.2 Å². The van der Waals surface area contributed by atoms with Crippen LogP contribution in [0.5, 0.6) is 0 Å². The van der Waals surface area contributed by atoms with Crippen molar-refractivity contribution in [2.75, 3.05) is 31.1 Å². The van der Waals surface area contributed by atoms with Gasteiger partial charge in [0.2, 0.25) is 4.96 Å². The second-order valence-electron chi connectivity index (χ2n) is 5.10. The molecule has 2 fully saturated rings. The van der Waals surface area contributed by atoms with E-state index in [4.69, 9.17) is 0 Å². The third-order valence-electron chi connectivity index (χ3n) is 3.61. The molecule has 6 nitrogen and oxygen atoms in total. The molecule has 1 aliphatic carbocycles. The van der Waals surface area contributed by atoms with Crippen molar-refractivity contribution < 1.29 is 0 Å². The lowest BCUT2D eigenvalue weighted by Crippen LogP contribution is -2.44. The number of rotatable bonds is 2. The smallest absolute Gasteiger partial charge is 0.277 e. The largest absolute Gasteiger partial charge is 0.354 e. The molecule has 0 aromatic carbocycles. The Morgan fingerprint density at radius 2 is 2.11 bits per heavy atom. The van der Waals surface area contributed by atoms with E-state index in [0.717, 1.165) is 42.0 Å². The van der Waals surface area contributed by atoms with Crippen molar-refractivity contribution in [1.82, 2.24) is 19.9 Å². The zero-order valence-electron chi connectivity index (χ0n) is 10.5. The molecule has 100 valence electrons. The maximum absolute atomic E-state index is 12.1. The summed E-state index contributed by atoms with van der Waals surface area (Å²) < 4.78 is 1.45. The summed E-state index contributed by atoms with van der Waals surface area (Å²) >= 11 is 1.56. The van der Waals surface area contributed by atoms with E-state index >= 15 is 0 Å². The summed E-state index contributed by atoms with van der Waals surface area (Å²) in [5.74, 6) is 1.35. The van der Waals surface area contributed by atoms with E-state index in [1.54, 1.807) is 17.4 Å². The van der Waals surface area contributed by atoms with Gasteiger partial charge in [-0.25, -0.2) is 4.98 Å². The minimum Gasteiger partial charge on any atom is -0.354 e. The fourth-order valence-electron chi connectivity index (χ4n) is 2.37. The van der Waals surface area contributed by atoms with Gasteiger partial charge in [-0.05, 0) is 12.8 Å². The molecule has 19 heavy (non-hydrogen) atoms. The Kier molecular flexibility index (Phi) is 2.56. The number of anilines is 1. The molecule has 2 aromatic rings. The fourth-order valence-corrected chi connectivity index (χ4v) is 3.43. The number of nitrogens with zero attached hydrogens (tertiary/aromatic N) is 4. The van der Waals surface area contributed by atoms with Crippen molar-refractivity contribution in [3.05, 3.63) is 21.4 Å². The third kappa shape index (κ3) is 2.02. The summed E-state index contributed by atoms with van der Waals surface area (Å²) in [6.07, 6.45) is 2.39. The highest BCUT2D eigenvalue weighted by atomic mass is 32.1. The zero-order chi connectivity index (χ0) is 12.8. The number of nitrogens with one attached hydrogen (secondary N) is 1. The Morgan fingerprint density at radius 1 is 1.32 bits per heavy atom. The molecule has 0 amide bonds. The van der Waals surface area contributed by atoms with Gasteiger partial charge in [-0.15, -0.1) is 0 Å². The molecule has 1 aliphatic heterocycles. The molecule has 3 heterocycles.